The highest BCUT2D eigenvalue weighted by atomic mass is 16.5. The molecule has 4 N–H and O–H groups in total. The molecule has 1 spiro atoms. The molecule has 0 aliphatic carbocycles. The summed E-state index contributed by atoms with van der Waals surface area (Å²) in [6.45, 7) is 8.83. The van der Waals surface area contributed by atoms with Crippen LogP contribution in [0.2, 0.25) is 0 Å². The number of rotatable bonds is 4. The zero-order chi connectivity index (χ0) is 22.4. The molecule has 3 aliphatic rings. The number of anilines is 1. The highest BCUT2D eigenvalue weighted by Gasteiger charge is 2.43. The predicted molar refractivity (Wildman–Crippen MR) is 117 cm³/mol. The van der Waals surface area contributed by atoms with Gasteiger partial charge in [-0.15, -0.1) is 0 Å². The Bertz CT molecular complexity index is 780. The van der Waals surface area contributed by atoms with Gasteiger partial charge in [0, 0.05) is 32.1 Å². The lowest BCUT2D eigenvalue weighted by atomic mass is 9.80. The lowest BCUT2D eigenvalue weighted by Gasteiger charge is -2.47. The second kappa shape index (κ2) is 10.4. The van der Waals surface area contributed by atoms with Gasteiger partial charge in [-0.1, -0.05) is 13.8 Å². The summed E-state index contributed by atoms with van der Waals surface area (Å²) < 4.78 is 6.33. The Morgan fingerprint density at radius 3 is 2.68 bits per heavy atom. The molecule has 0 aromatic carbocycles. The summed E-state index contributed by atoms with van der Waals surface area (Å²) in [5, 5.41) is 17.5. The van der Waals surface area contributed by atoms with Crippen molar-refractivity contribution in [1.29, 1.82) is 0 Å². The molecule has 0 bridgehead atoms. The third-order valence-corrected chi connectivity index (χ3v) is 5.94. The largest absolute Gasteiger partial charge is 0.481 e. The van der Waals surface area contributed by atoms with Crippen molar-refractivity contribution in [3.8, 4) is 0 Å². The predicted octanol–water partition coefficient (Wildman–Crippen LogP) is 1.77. The third kappa shape index (κ3) is 5.92. The van der Waals surface area contributed by atoms with Crippen LogP contribution in [-0.4, -0.2) is 64.8 Å². The second-order valence-corrected chi connectivity index (χ2v) is 8.94. The molecule has 9 nitrogen and oxygen atoms in total. The van der Waals surface area contributed by atoms with Crippen LogP contribution >= 0.6 is 0 Å². The minimum atomic E-state index is -0.833. The first-order chi connectivity index (χ1) is 14.8. The Labute approximate surface area is 183 Å². The van der Waals surface area contributed by atoms with Crippen LogP contribution in [-0.2, 0) is 22.4 Å². The number of amides is 1. The molecule has 1 aromatic heterocycles. The molecule has 4 rings (SSSR count). The molecule has 2 saturated heterocycles. The van der Waals surface area contributed by atoms with Crippen molar-refractivity contribution in [2.75, 3.05) is 31.6 Å². The first-order valence-electron chi connectivity index (χ1n) is 11.3. The molecule has 4 heterocycles. The Hall–Kier alpha value is -2.26. The quantitative estimate of drug-likeness (QED) is 0.566. The van der Waals surface area contributed by atoms with E-state index in [1.807, 2.05) is 0 Å². The van der Waals surface area contributed by atoms with E-state index in [1.165, 1.54) is 0 Å². The second-order valence-electron chi connectivity index (χ2n) is 8.94. The zero-order valence-corrected chi connectivity index (χ0v) is 18.8. The number of hydrogen-bond donors (Lipinski definition) is 4. The Balaban J connectivity index is 0.000000628. The number of hydrogen-bond acceptors (Lipinski definition) is 7. The van der Waals surface area contributed by atoms with E-state index in [9.17, 15) is 4.79 Å². The smallest absolute Gasteiger partial charge is 0.300 e. The van der Waals surface area contributed by atoms with Gasteiger partial charge in [-0.25, -0.2) is 9.97 Å². The number of aromatic nitrogens is 2. The number of carboxylic acids is 1. The number of aliphatic carboxylic acids is 1. The Kier molecular flexibility index (Phi) is 7.83. The molecule has 172 valence electrons. The SMILES string of the molecule is CC(=O)O.CC(C)Cc1nc(NC2CCCOC23CCNCC3)c2c(n1)C(=O)NCC2. The lowest BCUT2D eigenvalue weighted by molar-refractivity contribution is -0.134. The van der Waals surface area contributed by atoms with E-state index in [-0.39, 0.29) is 17.6 Å². The molecule has 1 atom stereocenters. The number of carbonyl (C=O) groups is 2. The maximum absolute atomic E-state index is 12.4. The molecular weight excluding hydrogens is 398 g/mol. The van der Waals surface area contributed by atoms with Gasteiger partial charge < -0.3 is 25.8 Å². The van der Waals surface area contributed by atoms with E-state index in [0.717, 1.165) is 82.4 Å². The van der Waals surface area contributed by atoms with Crippen LogP contribution < -0.4 is 16.0 Å². The summed E-state index contributed by atoms with van der Waals surface area (Å²) in [5.74, 6) is 1.12. The molecule has 31 heavy (non-hydrogen) atoms. The van der Waals surface area contributed by atoms with Crippen molar-refractivity contribution in [2.24, 2.45) is 5.92 Å². The van der Waals surface area contributed by atoms with Gasteiger partial charge in [-0.05, 0) is 51.1 Å². The average Bonchev–Trinajstić information content (AvgIpc) is 2.70. The number of nitrogens with zero attached hydrogens (tertiary/aromatic N) is 2. The number of piperidine rings is 1. The number of nitrogens with one attached hydrogen (secondary N) is 3. The molecule has 1 amide bonds. The Morgan fingerprint density at radius 2 is 2.00 bits per heavy atom. The number of ether oxygens (including phenoxy) is 1. The fourth-order valence-electron chi connectivity index (χ4n) is 4.55. The molecule has 1 aromatic rings. The van der Waals surface area contributed by atoms with Gasteiger partial charge >= 0.3 is 0 Å². The number of carboxylic acid groups (broad SMARTS) is 1. The van der Waals surface area contributed by atoms with Crippen molar-refractivity contribution in [3.05, 3.63) is 17.1 Å². The molecule has 0 saturated carbocycles. The van der Waals surface area contributed by atoms with Crippen LogP contribution in [0.15, 0.2) is 0 Å². The average molecular weight is 434 g/mol. The summed E-state index contributed by atoms with van der Waals surface area (Å²) in [6.07, 6.45) is 5.69. The van der Waals surface area contributed by atoms with Gasteiger partial charge in [0.1, 0.15) is 17.3 Å². The van der Waals surface area contributed by atoms with E-state index in [1.54, 1.807) is 0 Å². The van der Waals surface area contributed by atoms with Crippen molar-refractivity contribution < 1.29 is 19.4 Å². The van der Waals surface area contributed by atoms with Gasteiger partial charge in [0.05, 0.1) is 11.6 Å². The van der Waals surface area contributed by atoms with Crippen LogP contribution in [0.5, 0.6) is 0 Å². The third-order valence-electron chi connectivity index (χ3n) is 5.94. The maximum Gasteiger partial charge on any atom is 0.300 e. The number of carbonyl (C=O) groups excluding carboxylic acids is 1. The lowest BCUT2D eigenvalue weighted by Crippen LogP contribution is -2.57. The maximum atomic E-state index is 12.4. The van der Waals surface area contributed by atoms with Crippen molar-refractivity contribution >= 4 is 17.7 Å². The number of fused-ring (bicyclic) bond motifs is 1. The van der Waals surface area contributed by atoms with Gasteiger partial charge in [-0.2, -0.15) is 0 Å². The summed E-state index contributed by atoms with van der Waals surface area (Å²) in [7, 11) is 0. The fourth-order valence-corrected chi connectivity index (χ4v) is 4.55. The van der Waals surface area contributed by atoms with Crippen LogP contribution in [0.1, 0.15) is 68.3 Å². The van der Waals surface area contributed by atoms with E-state index < -0.39 is 5.97 Å². The molecule has 3 aliphatic heterocycles. The summed E-state index contributed by atoms with van der Waals surface area (Å²) in [4.78, 5) is 30.8. The Morgan fingerprint density at radius 1 is 1.29 bits per heavy atom. The summed E-state index contributed by atoms with van der Waals surface area (Å²) >= 11 is 0. The van der Waals surface area contributed by atoms with Crippen LogP contribution in [0.25, 0.3) is 0 Å². The zero-order valence-electron chi connectivity index (χ0n) is 18.8. The van der Waals surface area contributed by atoms with E-state index >= 15 is 0 Å². The molecular formula is C22H35N5O4. The summed E-state index contributed by atoms with van der Waals surface area (Å²) in [6, 6.07) is 0.226. The fraction of sp³-hybridized carbons (Fsp3) is 0.727. The summed E-state index contributed by atoms with van der Waals surface area (Å²) in [5.41, 5.74) is 1.38. The molecule has 2 fully saturated rings. The standard InChI is InChI=1S/C20H31N5O2.C2H4O2/c1-13(2)12-16-24-17-14(5-8-22-19(17)26)18(25-16)23-15-4-3-11-27-20(15)6-9-21-10-7-20;1-2(3)4/h13,15,21H,3-12H2,1-2H3,(H,22,26)(H,23,24,25);1H3,(H,3,4). The van der Waals surface area contributed by atoms with Crippen LogP contribution in [0.3, 0.4) is 0 Å². The normalized spacial score (nSPS) is 22.2. The van der Waals surface area contributed by atoms with E-state index in [4.69, 9.17) is 19.6 Å². The molecule has 0 radical (unpaired) electrons. The topological polar surface area (TPSA) is 125 Å². The van der Waals surface area contributed by atoms with Crippen molar-refractivity contribution in [3.63, 3.8) is 0 Å². The van der Waals surface area contributed by atoms with Crippen LogP contribution in [0, 0.1) is 5.92 Å². The molecule has 1 unspecified atom stereocenters. The minimum Gasteiger partial charge on any atom is -0.481 e. The minimum absolute atomic E-state index is 0.0804. The van der Waals surface area contributed by atoms with Crippen molar-refractivity contribution in [2.45, 2.75) is 70.9 Å². The van der Waals surface area contributed by atoms with Gasteiger partial charge in [-0.3, -0.25) is 9.59 Å². The van der Waals surface area contributed by atoms with Gasteiger partial charge in [0.25, 0.3) is 11.9 Å². The van der Waals surface area contributed by atoms with E-state index in [0.29, 0.717) is 18.2 Å². The first-order valence-corrected chi connectivity index (χ1v) is 11.3. The van der Waals surface area contributed by atoms with Gasteiger partial charge in [0.2, 0.25) is 0 Å². The molecule has 9 heteroatoms. The van der Waals surface area contributed by atoms with Crippen LogP contribution in [0.4, 0.5) is 5.82 Å². The van der Waals surface area contributed by atoms with Gasteiger partial charge in [0.15, 0.2) is 0 Å². The highest BCUT2D eigenvalue weighted by Crippen LogP contribution is 2.36. The van der Waals surface area contributed by atoms with E-state index in [2.05, 4.69) is 34.8 Å². The van der Waals surface area contributed by atoms with Crippen molar-refractivity contribution in [1.82, 2.24) is 20.6 Å². The first kappa shape index (κ1) is 23.4. The monoisotopic (exact) mass is 433 g/mol. The highest BCUT2D eigenvalue weighted by molar-refractivity contribution is 5.96.